The van der Waals surface area contributed by atoms with E-state index in [4.69, 9.17) is 0 Å². The second-order valence-electron chi connectivity index (χ2n) is 6.42. The summed E-state index contributed by atoms with van der Waals surface area (Å²) >= 11 is 1.31. The summed E-state index contributed by atoms with van der Waals surface area (Å²) in [6, 6.07) is 11.5. The molecule has 2 aromatic carbocycles. The van der Waals surface area contributed by atoms with Crippen molar-refractivity contribution >= 4 is 23.6 Å². The van der Waals surface area contributed by atoms with E-state index in [-0.39, 0.29) is 36.3 Å². The van der Waals surface area contributed by atoms with Crippen molar-refractivity contribution in [3.05, 3.63) is 65.5 Å². The number of benzene rings is 2. The summed E-state index contributed by atoms with van der Waals surface area (Å²) in [6.45, 7) is -2.71. The third-order valence-electron chi connectivity index (χ3n) is 4.37. The third kappa shape index (κ3) is 5.90. The molecule has 154 valence electrons. The molecule has 2 aromatic rings. The number of nitrogens with one attached hydrogen (secondary N) is 2. The Hall–Kier alpha value is -2.68. The Labute approximate surface area is 170 Å². The Bertz CT molecular complexity index is 864. The molecule has 0 saturated carbocycles. The van der Waals surface area contributed by atoms with Gasteiger partial charge in [-0.05, 0) is 35.7 Å². The third-order valence-corrected chi connectivity index (χ3v) is 5.68. The van der Waals surface area contributed by atoms with Gasteiger partial charge in [0.25, 0.3) is 0 Å². The highest BCUT2D eigenvalue weighted by Gasteiger charge is 2.32. The Morgan fingerprint density at radius 1 is 1.21 bits per heavy atom. The van der Waals surface area contributed by atoms with Gasteiger partial charge in [-0.25, -0.2) is 4.39 Å². The van der Waals surface area contributed by atoms with Crippen LogP contribution in [0.15, 0.2) is 48.5 Å². The second-order valence-corrected chi connectivity index (χ2v) is 7.65. The normalized spacial score (nSPS) is 19.0. The van der Waals surface area contributed by atoms with Crippen LogP contribution in [0.25, 0.3) is 0 Å². The molecule has 2 amide bonds. The van der Waals surface area contributed by atoms with Gasteiger partial charge in [0.15, 0.2) is 0 Å². The number of hydrogen-bond acceptors (Lipinski definition) is 4. The van der Waals surface area contributed by atoms with Crippen molar-refractivity contribution in [2.75, 3.05) is 5.75 Å². The monoisotopic (exact) mass is 424 g/mol. The first-order valence-electron chi connectivity index (χ1n) is 8.89. The average molecular weight is 424 g/mol. The highest BCUT2D eigenvalue weighted by atomic mass is 32.2. The molecule has 0 bridgehead atoms. The molecule has 29 heavy (non-hydrogen) atoms. The first kappa shape index (κ1) is 21.0. The van der Waals surface area contributed by atoms with Crippen LogP contribution in [-0.2, 0) is 22.6 Å². The van der Waals surface area contributed by atoms with Crippen LogP contribution >= 0.6 is 11.8 Å². The quantitative estimate of drug-likeness (QED) is 0.717. The minimum Gasteiger partial charge on any atom is -0.435 e. The first-order valence-corrected chi connectivity index (χ1v) is 9.94. The van der Waals surface area contributed by atoms with E-state index < -0.39 is 17.9 Å². The van der Waals surface area contributed by atoms with Crippen LogP contribution < -0.4 is 15.4 Å². The van der Waals surface area contributed by atoms with Crippen LogP contribution in [-0.4, -0.2) is 35.5 Å². The summed E-state index contributed by atoms with van der Waals surface area (Å²) < 4.78 is 42.3. The van der Waals surface area contributed by atoms with Crippen LogP contribution in [0.4, 0.5) is 13.2 Å². The Morgan fingerprint density at radius 2 is 1.93 bits per heavy atom. The molecule has 1 aliphatic rings. The molecule has 2 N–H and O–H groups in total. The van der Waals surface area contributed by atoms with E-state index in [0.717, 1.165) is 0 Å². The van der Waals surface area contributed by atoms with Crippen LogP contribution in [0, 0.1) is 5.82 Å². The van der Waals surface area contributed by atoms with Gasteiger partial charge in [-0.1, -0.05) is 30.3 Å². The fourth-order valence-corrected chi connectivity index (χ4v) is 4.03. The number of carbonyl (C=O) groups excluding carboxylic acids is 2. The minimum absolute atomic E-state index is 0.0342. The van der Waals surface area contributed by atoms with E-state index in [2.05, 4.69) is 15.4 Å². The average Bonchev–Trinajstić information content (AvgIpc) is 2.70. The Balaban J connectivity index is 1.48. The van der Waals surface area contributed by atoms with Gasteiger partial charge >= 0.3 is 6.61 Å². The lowest BCUT2D eigenvalue weighted by atomic mass is 10.1. The highest BCUT2D eigenvalue weighted by Crippen LogP contribution is 2.23. The molecule has 3 rings (SSSR count). The van der Waals surface area contributed by atoms with Crippen molar-refractivity contribution in [2.24, 2.45) is 0 Å². The molecular weight excluding hydrogens is 405 g/mol. The SMILES string of the molecule is O=C(NCc1ccc(OC(F)F)cc1)[C@@H]1CS[C@H](Cc2ccccc2F)C(=O)N1. The fourth-order valence-electron chi connectivity index (χ4n) is 2.85. The predicted molar refractivity (Wildman–Crippen MR) is 103 cm³/mol. The number of hydrogen-bond donors (Lipinski definition) is 2. The van der Waals surface area contributed by atoms with E-state index in [1.165, 1.54) is 30.0 Å². The van der Waals surface area contributed by atoms with Gasteiger partial charge in [0.05, 0.1) is 5.25 Å². The van der Waals surface area contributed by atoms with E-state index in [9.17, 15) is 22.8 Å². The van der Waals surface area contributed by atoms with Gasteiger partial charge in [-0.3, -0.25) is 9.59 Å². The largest absolute Gasteiger partial charge is 0.435 e. The van der Waals surface area contributed by atoms with Crippen molar-refractivity contribution in [2.45, 2.75) is 30.9 Å². The number of halogens is 3. The fraction of sp³-hybridized carbons (Fsp3) is 0.300. The van der Waals surface area contributed by atoms with Gasteiger partial charge in [0, 0.05) is 12.3 Å². The molecule has 1 aliphatic heterocycles. The molecule has 0 aliphatic carbocycles. The number of ether oxygens (including phenoxy) is 1. The topological polar surface area (TPSA) is 67.4 Å². The molecule has 1 fully saturated rings. The number of alkyl halides is 2. The van der Waals surface area contributed by atoms with E-state index in [1.807, 2.05) is 0 Å². The summed E-state index contributed by atoms with van der Waals surface area (Å²) in [4.78, 5) is 24.6. The van der Waals surface area contributed by atoms with E-state index in [1.54, 1.807) is 30.3 Å². The molecule has 1 heterocycles. The highest BCUT2D eigenvalue weighted by molar-refractivity contribution is 8.00. The molecule has 1 saturated heterocycles. The molecule has 2 atom stereocenters. The Kier molecular flexibility index (Phi) is 7.03. The molecular formula is C20H19F3N2O3S. The maximum Gasteiger partial charge on any atom is 0.387 e. The molecule has 9 heteroatoms. The zero-order valence-electron chi connectivity index (χ0n) is 15.2. The second kappa shape index (κ2) is 9.69. The van der Waals surface area contributed by atoms with Gasteiger partial charge in [0.1, 0.15) is 17.6 Å². The molecule has 0 radical (unpaired) electrons. The lowest BCUT2D eigenvalue weighted by Gasteiger charge is -2.28. The summed E-state index contributed by atoms with van der Waals surface area (Å²) in [5.74, 6) is -0.600. The predicted octanol–water partition coefficient (Wildman–Crippen LogP) is 2.89. The zero-order chi connectivity index (χ0) is 20.8. The number of amides is 2. The van der Waals surface area contributed by atoms with E-state index in [0.29, 0.717) is 16.9 Å². The molecule has 0 aromatic heterocycles. The number of thioether (sulfide) groups is 1. The van der Waals surface area contributed by atoms with Crippen molar-refractivity contribution in [3.63, 3.8) is 0 Å². The molecule has 0 spiro atoms. The number of carbonyl (C=O) groups is 2. The zero-order valence-corrected chi connectivity index (χ0v) is 16.1. The molecule has 0 unspecified atom stereocenters. The summed E-state index contributed by atoms with van der Waals surface area (Å²) in [5, 5.41) is 4.92. The van der Waals surface area contributed by atoms with Crippen molar-refractivity contribution in [1.82, 2.24) is 10.6 Å². The summed E-state index contributed by atoms with van der Waals surface area (Å²) in [7, 11) is 0. The van der Waals surface area contributed by atoms with Gasteiger partial charge in [-0.2, -0.15) is 8.78 Å². The lowest BCUT2D eigenvalue weighted by Crippen LogP contribution is -2.54. The maximum atomic E-state index is 13.8. The number of rotatable bonds is 7. The summed E-state index contributed by atoms with van der Waals surface area (Å²) in [5.41, 5.74) is 1.16. The minimum atomic E-state index is -2.89. The van der Waals surface area contributed by atoms with Gasteiger partial charge in [0.2, 0.25) is 11.8 Å². The van der Waals surface area contributed by atoms with Crippen molar-refractivity contribution < 1.29 is 27.5 Å². The first-order chi connectivity index (χ1) is 13.9. The van der Waals surface area contributed by atoms with E-state index >= 15 is 0 Å². The maximum absolute atomic E-state index is 13.8. The van der Waals surface area contributed by atoms with Gasteiger partial charge < -0.3 is 15.4 Å². The van der Waals surface area contributed by atoms with Crippen molar-refractivity contribution in [1.29, 1.82) is 0 Å². The van der Waals surface area contributed by atoms with Crippen LogP contribution in [0.5, 0.6) is 5.75 Å². The smallest absolute Gasteiger partial charge is 0.387 e. The molecule has 5 nitrogen and oxygen atoms in total. The lowest BCUT2D eigenvalue weighted by molar-refractivity contribution is -0.128. The van der Waals surface area contributed by atoms with Crippen LogP contribution in [0.2, 0.25) is 0 Å². The van der Waals surface area contributed by atoms with Gasteiger partial charge in [-0.15, -0.1) is 11.8 Å². The van der Waals surface area contributed by atoms with Crippen LogP contribution in [0.1, 0.15) is 11.1 Å². The Morgan fingerprint density at radius 3 is 2.59 bits per heavy atom. The van der Waals surface area contributed by atoms with Crippen LogP contribution in [0.3, 0.4) is 0 Å². The standard InChI is InChI=1S/C20H19F3N2O3S/c21-15-4-2-1-3-13(15)9-17-19(27)25-16(11-29-17)18(26)24-10-12-5-7-14(8-6-12)28-20(22)23/h1-8,16-17,20H,9-11H2,(H,24,26)(H,25,27)/t16-,17+/m0/s1. The summed E-state index contributed by atoms with van der Waals surface area (Å²) in [6.07, 6.45) is 0.255. The van der Waals surface area contributed by atoms with Crippen molar-refractivity contribution in [3.8, 4) is 5.75 Å².